The standard InChI is InChI=1S/C18H27NO2/c1-2-6-16(7-3-1)14-20-15-17-9-10-19(12-17)13-18-8-4-5-11-21-18/h1-3,6-7,17-18H,4-5,8-15H2/t17-,18-/m1/s1. The maximum absolute atomic E-state index is 5.88. The number of nitrogens with zero attached hydrogens (tertiary/aromatic N) is 1. The van der Waals surface area contributed by atoms with Gasteiger partial charge in [0.15, 0.2) is 0 Å². The normalized spacial score (nSPS) is 27.0. The summed E-state index contributed by atoms with van der Waals surface area (Å²) in [6.45, 7) is 6.09. The minimum atomic E-state index is 0.475. The van der Waals surface area contributed by atoms with Gasteiger partial charge in [0.05, 0.1) is 19.3 Å². The second-order valence-corrected chi connectivity index (χ2v) is 6.40. The number of benzene rings is 1. The lowest BCUT2D eigenvalue weighted by Crippen LogP contribution is -2.34. The van der Waals surface area contributed by atoms with Crippen LogP contribution in [0.15, 0.2) is 30.3 Å². The van der Waals surface area contributed by atoms with Crippen molar-refractivity contribution in [3.05, 3.63) is 35.9 Å². The maximum Gasteiger partial charge on any atom is 0.0717 e. The van der Waals surface area contributed by atoms with Gasteiger partial charge in [-0.2, -0.15) is 0 Å². The van der Waals surface area contributed by atoms with Crippen LogP contribution < -0.4 is 0 Å². The lowest BCUT2D eigenvalue weighted by molar-refractivity contribution is -0.00333. The zero-order valence-electron chi connectivity index (χ0n) is 12.9. The van der Waals surface area contributed by atoms with Crippen LogP contribution in [0.2, 0.25) is 0 Å². The van der Waals surface area contributed by atoms with Crippen molar-refractivity contribution >= 4 is 0 Å². The van der Waals surface area contributed by atoms with Gasteiger partial charge in [-0.05, 0) is 43.7 Å². The van der Waals surface area contributed by atoms with E-state index in [2.05, 4.69) is 29.2 Å². The summed E-state index contributed by atoms with van der Waals surface area (Å²) in [4.78, 5) is 2.56. The van der Waals surface area contributed by atoms with Crippen molar-refractivity contribution in [3.63, 3.8) is 0 Å². The third-order valence-corrected chi connectivity index (χ3v) is 4.57. The van der Waals surface area contributed by atoms with Crippen LogP contribution in [0.4, 0.5) is 0 Å². The highest BCUT2D eigenvalue weighted by molar-refractivity contribution is 5.13. The quantitative estimate of drug-likeness (QED) is 0.803. The minimum absolute atomic E-state index is 0.475. The van der Waals surface area contributed by atoms with Crippen molar-refractivity contribution in [3.8, 4) is 0 Å². The molecule has 2 aliphatic heterocycles. The van der Waals surface area contributed by atoms with Crippen LogP contribution >= 0.6 is 0 Å². The monoisotopic (exact) mass is 289 g/mol. The maximum atomic E-state index is 5.88. The molecule has 0 N–H and O–H groups in total. The Bertz CT molecular complexity index is 403. The van der Waals surface area contributed by atoms with Gasteiger partial charge in [0.2, 0.25) is 0 Å². The molecule has 2 heterocycles. The van der Waals surface area contributed by atoms with Gasteiger partial charge in [0.1, 0.15) is 0 Å². The topological polar surface area (TPSA) is 21.7 Å². The van der Waals surface area contributed by atoms with E-state index in [0.29, 0.717) is 12.0 Å². The van der Waals surface area contributed by atoms with E-state index in [0.717, 1.165) is 26.4 Å². The Morgan fingerprint density at radius 2 is 2.05 bits per heavy atom. The molecule has 3 nitrogen and oxygen atoms in total. The molecule has 0 aliphatic carbocycles. The summed E-state index contributed by atoms with van der Waals surface area (Å²) in [7, 11) is 0. The van der Waals surface area contributed by atoms with Crippen LogP contribution in [0.1, 0.15) is 31.2 Å². The van der Waals surface area contributed by atoms with E-state index in [-0.39, 0.29) is 0 Å². The highest BCUT2D eigenvalue weighted by Gasteiger charge is 2.25. The first-order valence-electron chi connectivity index (χ1n) is 8.36. The predicted molar refractivity (Wildman–Crippen MR) is 84.2 cm³/mol. The molecule has 21 heavy (non-hydrogen) atoms. The molecule has 1 aromatic rings. The molecule has 116 valence electrons. The van der Waals surface area contributed by atoms with Crippen LogP contribution in [-0.2, 0) is 16.1 Å². The fourth-order valence-electron chi connectivity index (χ4n) is 3.37. The third kappa shape index (κ3) is 4.80. The lowest BCUT2D eigenvalue weighted by Gasteiger charge is -2.27. The molecular formula is C18H27NO2. The molecule has 0 aromatic heterocycles. The van der Waals surface area contributed by atoms with Gasteiger partial charge in [-0.15, -0.1) is 0 Å². The SMILES string of the molecule is c1ccc(COC[C@@H]2CCN(C[C@H]3CCCCO3)C2)cc1. The molecule has 0 spiro atoms. The number of rotatable bonds is 6. The molecule has 2 atom stereocenters. The Labute approximate surface area is 128 Å². The van der Waals surface area contributed by atoms with E-state index < -0.39 is 0 Å². The van der Waals surface area contributed by atoms with Gasteiger partial charge in [0.25, 0.3) is 0 Å². The van der Waals surface area contributed by atoms with E-state index in [9.17, 15) is 0 Å². The molecular weight excluding hydrogens is 262 g/mol. The van der Waals surface area contributed by atoms with Crippen molar-refractivity contribution < 1.29 is 9.47 Å². The molecule has 2 fully saturated rings. The molecule has 3 rings (SSSR count). The van der Waals surface area contributed by atoms with Gasteiger partial charge in [-0.3, -0.25) is 0 Å². The first-order valence-corrected chi connectivity index (χ1v) is 8.36. The zero-order valence-corrected chi connectivity index (χ0v) is 12.9. The van der Waals surface area contributed by atoms with Gasteiger partial charge in [0, 0.05) is 19.7 Å². The largest absolute Gasteiger partial charge is 0.377 e. The fourth-order valence-corrected chi connectivity index (χ4v) is 3.37. The summed E-state index contributed by atoms with van der Waals surface area (Å²) in [5.41, 5.74) is 1.27. The second-order valence-electron chi connectivity index (χ2n) is 6.40. The van der Waals surface area contributed by atoms with Gasteiger partial charge >= 0.3 is 0 Å². The molecule has 0 radical (unpaired) electrons. The second kappa shape index (κ2) is 7.92. The summed E-state index contributed by atoms with van der Waals surface area (Å²) in [6, 6.07) is 10.4. The van der Waals surface area contributed by atoms with Crippen molar-refractivity contribution in [1.82, 2.24) is 4.90 Å². The van der Waals surface area contributed by atoms with Gasteiger partial charge in [-0.1, -0.05) is 30.3 Å². The Kier molecular flexibility index (Phi) is 5.67. The predicted octanol–water partition coefficient (Wildman–Crippen LogP) is 3.09. The summed E-state index contributed by atoms with van der Waals surface area (Å²) < 4.78 is 11.7. The third-order valence-electron chi connectivity index (χ3n) is 4.57. The Balaban J connectivity index is 1.33. The first-order chi connectivity index (χ1) is 10.4. The van der Waals surface area contributed by atoms with Crippen LogP contribution in [0, 0.1) is 5.92 Å². The first kappa shape index (κ1) is 15.0. The van der Waals surface area contributed by atoms with Crippen LogP contribution in [0.3, 0.4) is 0 Å². The summed E-state index contributed by atoms with van der Waals surface area (Å²) in [5.74, 6) is 0.692. The smallest absolute Gasteiger partial charge is 0.0717 e. The van der Waals surface area contributed by atoms with Crippen LogP contribution in [-0.4, -0.2) is 43.9 Å². The van der Waals surface area contributed by atoms with E-state index in [4.69, 9.17) is 9.47 Å². The molecule has 2 saturated heterocycles. The Morgan fingerprint density at radius 1 is 1.14 bits per heavy atom. The van der Waals surface area contributed by atoms with Crippen molar-refractivity contribution in [2.75, 3.05) is 32.8 Å². The van der Waals surface area contributed by atoms with Gasteiger partial charge in [-0.25, -0.2) is 0 Å². The highest BCUT2D eigenvalue weighted by Crippen LogP contribution is 2.20. The molecule has 0 amide bonds. The number of hydrogen-bond acceptors (Lipinski definition) is 3. The molecule has 3 heteroatoms. The molecule has 0 saturated carbocycles. The number of hydrogen-bond donors (Lipinski definition) is 0. The molecule has 2 aliphatic rings. The summed E-state index contributed by atoms with van der Waals surface area (Å²) in [6.07, 6.45) is 5.56. The lowest BCUT2D eigenvalue weighted by atomic mass is 10.1. The average Bonchev–Trinajstić information content (AvgIpc) is 2.97. The summed E-state index contributed by atoms with van der Waals surface area (Å²) >= 11 is 0. The summed E-state index contributed by atoms with van der Waals surface area (Å²) in [5, 5.41) is 0. The molecule has 1 aromatic carbocycles. The number of ether oxygens (including phenoxy) is 2. The van der Waals surface area contributed by atoms with E-state index in [1.807, 2.05) is 6.07 Å². The van der Waals surface area contributed by atoms with E-state index >= 15 is 0 Å². The Hall–Kier alpha value is -0.900. The Morgan fingerprint density at radius 3 is 2.86 bits per heavy atom. The van der Waals surface area contributed by atoms with Crippen LogP contribution in [0.5, 0.6) is 0 Å². The number of likely N-dealkylation sites (tertiary alicyclic amines) is 1. The minimum Gasteiger partial charge on any atom is -0.377 e. The fraction of sp³-hybridized carbons (Fsp3) is 0.667. The molecule has 0 unspecified atom stereocenters. The average molecular weight is 289 g/mol. The zero-order chi connectivity index (χ0) is 14.3. The van der Waals surface area contributed by atoms with E-state index in [1.54, 1.807) is 0 Å². The van der Waals surface area contributed by atoms with Crippen molar-refractivity contribution in [2.24, 2.45) is 5.92 Å². The van der Waals surface area contributed by atoms with E-state index in [1.165, 1.54) is 44.3 Å². The van der Waals surface area contributed by atoms with Gasteiger partial charge < -0.3 is 14.4 Å². The van der Waals surface area contributed by atoms with Crippen LogP contribution in [0.25, 0.3) is 0 Å². The van der Waals surface area contributed by atoms with Crippen molar-refractivity contribution in [2.45, 2.75) is 38.4 Å². The molecule has 0 bridgehead atoms. The highest BCUT2D eigenvalue weighted by atomic mass is 16.5. The van der Waals surface area contributed by atoms with Crippen molar-refractivity contribution in [1.29, 1.82) is 0 Å².